The number of anilines is 2. The Morgan fingerprint density at radius 3 is 2.41 bits per heavy atom. The third-order valence-electron chi connectivity index (χ3n) is 4.55. The van der Waals surface area contributed by atoms with Crippen LogP contribution in [-0.2, 0) is 17.9 Å². The van der Waals surface area contributed by atoms with Gasteiger partial charge in [-0.3, -0.25) is 19.0 Å². The molecule has 1 aromatic heterocycles. The number of hydrogen-bond donors (Lipinski definition) is 2. The lowest BCUT2D eigenvalue weighted by Crippen LogP contribution is -2.43. The molecule has 9 nitrogen and oxygen atoms in total. The first kappa shape index (κ1) is 22.2. The molecule has 0 radical (unpaired) electrons. The van der Waals surface area contributed by atoms with Crippen molar-refractivity contribution in [2.24, 2.45) is 0 Å². The van der Waals surface area contributed by atoms with Gasteiger partial charge in [-0.1, -0.05) is 12.1 Å². The highest BCUT2D eigenvalue weighted by molar-refractivity contribution is 6.10. The number of nitrogens with one attached hydrogen (secondary N) is 2. The van der Waals surface area contributed by atoms with E-state index in [0.717, 1.165) is 10.8 Å². The predicted octanol–water partition coefficient (Wildman–Crippen LogP) is 1.93. The molecule has 0 bridgehead atoms. The van der Waals surface area contributed by atoms with Gasteiger partial charge in [0.15, 0.2) is 0 Å². The first-order valence-corrected chi connectivity index (χ1v) is 9.54. The summed E-state index contributed by atoms with van der Waals surface area (Å²) in [6.07, 6.45) is 1.15. The fourth-order valence-electron chi connectivity index (χ4n) is 2.95. The molecule has 10 heteroatoms. The van der Waals surface area contributed by atoms with Gasteiger partial charge in [-0.2, -0.15) is 5.26 Å². The van der Waals surface area contributed by atoms with E-state index in [9.17, 15) is 23.6 Å². The normalized spacial score (nSPS) is 10.3. The van der Waals surface area contributed by atoms with E-state index in [1.807, 2.05) is 0 Å². The summed E-state index contributed by atoms with van der Waals surface area (Å²) >= 11 is 0. The minimum absolute atomic E-state index is 0.120. The summed E-state index contributed by atoms with van der Waals surface area (Å²) in [5, 5.41) is 14.2. The number of carbonyl (C=O) groups excluding carboxylic acids is 2. The number of halogens is 1. The first-order chi connectivity index (χ1) is 15.3. The zero-order chi connectivity index (χ0) is 23.3. The quantitative estimate of drug-likeness (QED) is 0.612. The van der Waals surface area contributed by atoms with Gasteiger partial charge in [-0.15, -0.1) is 0 Å². The summed E-state index contributed by atoms with van der Waals surface area (Å²) in [4.78, 5) is 50.0. The number of rotatable bonds is 6. The van der Waals surface area contributed by atoms with Crippen molar-refractivity contribution in [3.05, 3.63) is 92.5 Å². The van der Waals surface area contributed by atoms with E-state index >= 15 is 0 Å². The van der Waals surface area contributed by atoms with Gasteiger partial charge >= 0.3 is 5.69 Å². The number of aryl methyl sites for hydroxylation is 1. The second kappa shape index (κ2) is 9.53. The Balaban J connectivity index is 1.84. The maximum Gasteiger partial charge on any atom is 0.331 e. The number of nitriles is 1. The van der Waals surface area contributed by atoms with E-state index < -0.39 is 35.4 Å². The van der Waals surface area contributed by atoms with Gasteiger partial charge in [0.25, 0.3) is 11.5 Å². The Bertz CT molecular complexity index is 1340. The van der Waals surface area contributed by atoms with E-state index in [1.54, 1.807) is 25.1 Å². The van der Waals surface area contributed by atoms with Crippen molar-refractivity contribution >= 4 is 23.2 Å². The van der Waals surface area contributed by atoms with Crippen LogP contribution in [0.4, 0.5) is 15.8 Å². The molecule has 32 heavy (non-hydrogen) atoms. The Hall–Kier alpha value is -4.52. The number of para-hydroxylation sites is 1. The molecule has 3 aromatic rings. The van der Waals surface area contributed by atoms with Crippen molar-refractivity contribution in [1.82, 2.24) is 9.13 Å². The van der Waals surface area contributed by atoms with Crippen molar-refractivity contribution in [2.45, 2.75) is 20.0 Å². The molecular formula is C22H18FN5O4. The molecule has 3 rings (SSSR count). The number of aromatic nitrogens is 2. The largest absolute Gasteiger partial charge is 0.331 e. The molecule has 0 spiro atoms. The lowest BCUT2D eigenvalue weighted by Gasteiger charge is -2.13. The van der Waals surface area contributed by atoms with Crippen LogP contribution in [-0.4, -0.2) is 20.9 Å². The van der Waals surface area contributed by atoms with E-state index in [4.69, 9.17) is 5.26 Å². The Kier molecular flexibility index (Phi) is 6.60. The number of benzene rings is 2. The second-order valence-electron chi connectivity index (χ2n) is 6.67. The molecule has 0 aliphatic rings. The highest BCUT2D eigenvalue weighted by atomic mass is 19.1. The third kappa shape index (κ3) is 4.79. The van der Waals surface area contributed by atoms with Crippen LogP contribution in [0.3, 0.4) is 0 Å². The smallest absolute Gasteiger partial charge is 0.324 e. The summed E-state index contributed by atoms with van der Waals surface area (Å²) in [7, 11) is 0. The van der Waals surface area contributed by atoms with Crippen molar-refractivity contribution in [1.29, 1.82) is 5.26 Å². The van der Waals surface area contributed by atoms with Crippen molar-refractivity contribution in [3.8, 4) is 6.07 Å². The molecular weight excluding hydrogens is 417 g/mol. The van der Waals surface area contributed by atoms with Gasteiger partial charge in [0.2, 0.25) is 5.91 Å². The van der Waals surface area contributed by atoms with Crippen LogP contribution in [0.15, 0.2) is 64.3 Å². The van der Waals surface area contributed by atoms with E-state index in [1.165, 1.54) is 36.4 Å². The standard InChI is InChI=1S/C22H18FN5O4/c1-2-27-12-14(11-24)21(31)28(22(27)32)13-19(29)26-18-6-4-3-5-17(18)20(30)25-16-9-7-15(23)8-10-16/h3-10,12H,2,13H2,1H3,(H,25,30)(H,26,29). The lowest BCUT2D eigenvalue weighted by molar-refractivity contribution is -0.116. The average Bonchev–Trinajstić information content (AvgIpc) is 2.78. The van der Waals surface area contributed by atoms with Crippen LogP contribution in [0.1, 0.15) is 22.8 Å². The zero-order valence-electron chi connectivity index (χ0n) is 17.0. The molecule has 0 aliphatic carbocycles. The van der Waals surface area contributed by atoms with Crippen LogP contribution in [0.2, 0.25) is 0 Å². The van der Waals surface area contributed by atoms with Gasteiger partial charge < -0.3 is 10.6 Å². The highest BCUT2D eigenvalue weighted by Gasteiger charge is 2.17. The summed E-state index contributed by atoms with van der Waals surface area (Å²) in [5.41, 5.74) is -1.24. The second-order valence-corrected chi connectivity index (χ2v) is 6.67. The summed E-state index contributed by atoms with van der Waals surface area (Å²) < 4.78 is 14.9. The number of carbonyl (C=O) groups is 2. The molecule has 0 fully saturated rings. The summed E-state index contributed by atoms with van der Waals surface area (Å²) in [6.45, 7) is 1.23. The molecule has 0 saturated heterocycles. The van der Waals surface area contributed by atoms with E-state index in [0.29, 0.717) is 10.3 Å². The van der Waals surface area contributed by atoms with Crippen LogP contribution in [0, 0.1) is 17.1 Å². The van der Waals surface area contributed by atoms with Crippen molar-refractivity contribution < 1.29 is 14.0 Å². The zero-order valence-corrected chi connectivity index (χ0v) is 17.0. The van der Waals surface area contributed by atoms with Gasteiger partial charge in [-0.25, -0.2) is 13.8 Å². The SMILES string of the molecule is CCn1cc(C#N)c(=O)n(CC(=O)Nc2ccccc2C(=O)Nc2ccc(F)cc2)c1=O. The molecule has 2 N–H and O–H groups in total. The number of amides is 2. The van der Waals surface area contributed by atoms with Crippen LogP contribution in [0.5, 0.6) is 0 Å². The molecule has 2 aromatic carbocycles. The predicted molar refractivity (Wildman–Crippen MR) is 115 cm³/mol. The lowest BCUT2D eigenvalue weighted by atomic mass is 10.1. The summed E-state index contributed by atoms with van der Waals surface area (Å²) in [5.74, 6) is -1.73. The first-order valence-electron chi connectivity index (χ1n) is 9.54. The van der Waals surface area contributed by atoms with Gasteiger partial charge in [0.05, 0.1) is 11.3 Å². The van der Waals surface area contributed by atoms with E-state index in [-0.39, 0.29) is 23.4 Å². The molecule has 0 aliphatic heterocycles. The fourth-order valence-corrected chi connectivity index (χ4v) is 2.95. The van der Waals surface area contributed by atoms with Crippen molar-refractivity contribution in [3.63, 3.8) is 0 Å². The summed E-state index contributed by atoms with van der Waals surface area (Å²) in [6, 6.07) is 13.0. The molecule has 2 amide bonds. The van der Waals surface area contributed by atoms with Crippen LogP contribution < -0.4 is 21.9 Å². The Morgan fingerprint density at radius 1 is 1.06 bits per heavy atom. The van der Waals surface area contributed by atoms with Crippen LogP contribution >= 0.6 is 0 Å². The topological polar surface area (TPSA) is 126 Å². The molecule has 162 valence electrons. The van der Waals surface area contributed by atoms with E-state index in [2.05, 4.69) is 10.6 Å². The third-order valence-corrected chi connectivity index (χ3v) is 4.55. The molecule has 0 unspecified atom stereocenters. The van der Waals surface area contributed by atoms with Crippen LogP contribution in [0.25, 0.3) is 0 Å². The minimum atomic E-state index is -0.875. The van der Waals surface area contributed by atoms with Gasteiger partial charge in [0.1, 0.15) is 24.0 Å². The molecule has 0 atom stereocenters. The Labute approximate surface area is 181 Å². The minimum Gasteiger partial charge on any atom is -0.324 e. The maximum atomic E-state index is 13.1. The van der Waals surface area contributed by atoms with Gasteiger partial charge in [-0.05, 0) is 43.3 Å². The fraction of sp³-hybridized carbons (Fsp3) is 0.136. The Morgan fingerprint density at radius 2 is 1.75 bits per heavy atom. The molecule has 1 heterocycles. The maximum absolute atomic E-state index is 13.1. The monoisotopic (exact) mass is 435 g/mol. The number of nitrogens with zero attached hydrogens (tertiary/aromatic N) is 3. The molecule has 0 saturated carbocycles. The van der Waals surface area contributed by atoms with Crippen molar-refractivity contribution in [2.75, 3.05) is 10.6 Å². The number of hydrogen-bond acceptors (Lipinski definition) is 5. The average molecular weight is 435 g/mol. The van der Waals surface area contributed by atoms with Gasteiger partial charge in [0, 0.05) is 18.4 Å². The highest BCUT2D eigenvalue weighted by Crippen LogP contribution is 2.18.